The summed E-state index contributed by atoms with van der Waals surface area (Å²) in [7, 11) is -3.40. The zero-order chi connectivity index (χ0) is 20.0. The number of nitrogens with zero attached hydrogens (tertiary/aromatic N) is 4. The highest BCUT2D eigenvalue weighted by atomic mass is 127. The first-order valence-electron chi connectivity index (χ1n) is 9.43. The van der Waals surface area contributed by atoms with E-state index in [1.165, 1.54) is 15.4 Å². The summed E-state index contributed by atoms with van der Waals surface area (Å²) in [5.74, 6) is 1.08. The van der Waals surface area contributed by atoms with Crippen LogP contribution in [-0.2, 0) is 15.8 Å². The van der Waals surface area contributed by atoms with Gasteiger partial charge in [-0.05, 0) is 18.4 Å². The average molecular weight is 553 g/mol. The van der Waals surface area contributed by atoms with Crippen molar-refractivity contribution in [2.45, 2.75) is 25.5 Å². The molecule has 162 valence electrons. The van der Waals surface area contributed by atoms with Crippen molar-refractivity contribution in [2.24, 2.45) is 4.99 Å². The van der Waals surface area contributed by atoms with E-state index in [-0.39, 0.29) is 29.7 Å². The van der Waals surface area contributed by atoms with Gasteiger partial charge in [0, 0.05) is 49.6 Å². The highest BCUT2D eigenvalue weighted by Gasteiger charge is 2.29. The van der Waals surface area contributed by atoms with E-state index >= 15 is 0 Å². The number of aromatic nitrogens is 1. The average Bonchev–Trinajstić information content (AvgIpc) is 3.39. The van der Waals surface area contributed by atoms with Gasteiger partial charge < -0.3 is 14.7 Å². The van der Waals surface area contributed by atoms with Crippen molar-refractivity contribution in [1.29, 1.82) is 0 Å². The van der Waals surface area contributed by atoms with Crippen molar-refractivity contribution in [2.75, 3.05) is 39.3 Å². The minimum atomic E-state index is -3.40. The van der Waals surface area contributed by atoms with Crippen LogP contribution >= 0.6 is 35.3 Å². The van der Waals surface area contributed by atoms with Crippen molar-refractivity contribution in [3.05, 3.63) is 40.4 Å². The highest BCUT2D eigenvalue weighted by Crippen LogP contribution is 2.21. The summed E-state index contributed by atoms with van der Waals surface area (Å²) in [5, 5.41) is 9.12. The summed E-state index contributed by atoms with van der Waals surface area (Å²) in [5.41, 5.74) is 0.430. The predicted molar refractivity (Wildman–Crippen MR) is 126 cm³/mol. The molecule has 8 nitrogen and oxygen atoms in total. The molecular weight excluding hydrogens is 525 g/mol. The topological polar surface area (TPSA) is 91.0 Å². The molecule has 0 radical (unpaired) electrons. The number of guanidine groups is 1. The van der Waals surface area contributed by atoms with E-state index in [0.29, 0.717) is 44.3 Å². The first-order valence-corrected chi connectivity index (χ1v) is 11.9. The second-order valence-corrected chi connectivity index (χ2v) is 9.69. The lowest BCUT2D eigenvalue weighted by Gasteiger charge is -2.35. The Kier molecular flexibility index (Phi) is 9.37. The van der Waals surface area contributed by atoms with E-state index in [4.69, 9.17) is 9.52 Å². The Morgan fingerprint density at radius 1 is 1.34 bits per heavy atom. The van der Waals surface area contributed by atoms with Crippen LogP contribution in [0.25, 0.3) is 0 Å². The lowest BCUT2D eigenvalue weighted by Crippen LogP contribution is -2.54. The zero-order valence-corrected chi connectivity index (χ0v) is 20.6. The lowest BCUT2D eigenvalue weighted by atomic mass is 10.1. The van der Waals surface area contributed by atoms with Crippen molar-refractivity contribution < 1.29 is 12.9 Å². The molecule has 11 heteroatoms. The first-order chi connectivity index (χ1) is 13.5. The second kappa shape index (κ2) is 11.3. The van der Waals surface area contributed by atoms with Crippen molar-refractivity contribution >= 4 is 51.3 Å². The Hall–Kier alpha value is -1.18. The predicted octanol–water partition coefficient (Wildman–Crippen LogP) is 2.57. The molecule has 3 rings (SSSR count). The van der Waals surface area contributed by atoms with Gasteiger partial charge in [-0.25, -0.2) is 8.42 Å². The van der Waals surface area contributed by atoms with Crippen LogP contribution in [0.15, 0.2) is 39.4 Å². The van der Waals surface area contributed by atoms with Gasteiger partial charge in [-0.1, -0.05) is 18.1 Å². The number of piperazine rings is 1. The van der Waals surface area contributed by atoms with Crippen molar-refractivity contribution in [1.82, 2.24) is 19.7 Å². The third-order valence-corrected chi connectivity index (χ3v) is 7.55. The molecule has 1 fully saturated rings. The van der Waals surface area contributed by atoms with Crippen LogP contribution in [0.5, 0.6) is 0 Å². The Morgan fingerprint density at radius 2 is 2.10 bits per heavy atom. The molecule has 0 saturated carbocycles. The van der Waals surface area contributed by atoms with E-state index in [0.717, 1.165) is 12.5 Å². The molecule has 0 aromatic carbocycles. The summed E-state index contributed by atoms with van der Waals surface area (Å²) < 4.78 is 31.4. The van der Waals surface area contributed by atoms with E-state index in [2.05, 4.69) is 39.8 Å². The first kappa shape index (κ1) is 24.1. The van der Waals surface area contributed by atoms with Crippen LogP contribution in [0, 0.1) is 0 Å². The summed E-state index contributed by atoms with van der Waals surface area (Å²) >= 11 is 1.75. The maximum absolute atomic E-state index is 12.6. The fraction of sp³-hybridized carbons (Fsp3) is 0.556. The van der Waals surface area contributed by atoms with Crippen LogP contribution in [0.1, 0.15) is 30.3 Å². The molecule has 1 atom stereocenters. The van der Waals surface area contributed by atoms with Crippen LogP contribution < -0.4 is 5.32 Å². The smallest absolute Gasteiger partial charge is 0.220 e. The number of thiophene rings is 1. The Balaban J connectivity index is 0.00000300. The molecule has 0 bridgehead atoms. The summed E-state index contributed by atoms with van der Waals surface area (Å²) in [4.78, 5) is 8.24. The van der Waals surface area contributed by atoms with Crippen LogP contribution in [0.2, 0.25) is 0 Å². The Labute approximate surface area is 193 Å². The minimum absolute atomic E-state index is 0. The molecule has 1 saturated heterocycles. The van der Waals surface area contributed by atoms with Crippen molar-refractivity contribution in [3.63, 3.8) is 0 Å². The zero-order valence-electron chi connectivity index (χ0n) is 16.7. The maximum atomic E-state index is 12.6. The molecule has 29 heavy (non-hydrogen) atoms. The lowest BCUT2D eigenvalue weighted by molar-refractivity contribution is 0.259. The van der Waals surface area contributed by atoms with E-state index in [1.54, 1.807) is 17.4 Å². The molecule has 1 aliphatic heterocycles. The minimum Gasteiger partial charge on any atom is -0.364 e. The molecule has 0 aliphatic carbocycles. The molecule has 1 aliphatic rings. The summed E-state index contributed by atoms with van der Waals surface area (Å²) in [6.07, 6.45) is 1.39. The molecule has 1 N–H and O–H groups in total. The number of hydrogen-bond donors (Lipinski definition) is 1. The number of hydrogen-bond acceptors (Lipinski definition) is 6. The quantitative estimate of drug-likeness (QED) is 0.322. The molecule has 3 heterocycles. The highest BCUT2D eigenvalue weighted by molar-refractivity contribution is 14.0. The SMILES string of the molecule is CCNC(=NCC(C)c1cccs1)N1CCN(S(=O)(=O)Cc2ccon2)CC1.I. The van der Waals surface area contributed by atoms with Gasteiger partial charge >= 0.3 is 0 Å². The Morgan fingerprint density at radius 3 is 2.69 bits per heavy atom. The number of aliphatic imine (C=N–C) groups is 1. The van der Waals surface area contributed by atoms with Crippen LogP contribution in [-0.4, -0.2) is 68.0 Å². The number of sulfonamides is 1. The van der Waals surface area contributed by atoms with Gasteiger partial charge in [0.05, 0.1) is 12.2 Å². The summed E-state index contributed by atoms with van der Waals surface area (Å²) in [6.45, 7) is 7.78. The van der Waals surface area contributed by atoms with Gasteiger partial charge in [-0.15, -0.1) is 35.3 Å². The fourth-order valence-corrected chi connectivity index (χ4v) is 5.28. The van der Waals surface area contributed by atoms with Gasteiger partial charge in [0.15, 0.2) is 5.96 Å². The van der Waals surface area contributed by atoms with Crippen LogP contribution in [0.4, 0.5) is 0 Å². The van der Waals surface area contributed by atoms with Crippen LogP contribution in [0.3, 0.4) is 0 Å². The standard InChI is InChI=1S/C18H27N5O3S2.HI/c1-3-19-18(20-13-15(2)17-5-4-12-27-17)22-7-9-23(10-8-22)28(24,25)14-16-6-11-26-21-16;/h4-6,11-12,15H,3,7-10,13-14H2,1-2H3,(H,19,20);1H. The maximum Gasteiger partial charge on any atom is 0.220 e. The molecule has 0 spiro atoms. The molecular formula is C18H28IN5O3S2. The van der Waals surface area contributed by atoms with Gasteiger partial charge in [-0.2, -0.15) is 4.31 Å². The monoisotopic (exact) mass is 553 g/mol. The van der Waals surface area contributed by atoms with E-state index in [1.807, 2.05) is 6.92 Å². The normalized spacial score (nSPS) is 17.0. The fourth-order valence-electron chi connectivity index (χ4n) is 3.08. The molecule has 1 unspecified atom stereocenters. The van der Waals surface area contributed by atoms with Gasteiger partial charge in [0.2, 0.25) is 10.0 Å². The van der Waals surface area contributed by atoms with Crippen molar-refractivity contribution in [3.8, 4) is 0 Å². The number of nitrogens with one attached hydrogen (secondary N) is 1. The van der Waals surface area contributed by atoms with E-state index in [9.17, 15) is 8.42 Å². The third kappa shape index (κ3) is 6.66. The van der Waals surface area contributed by atoms with E-state index < -0.39 is 10.0 Å². The number of rotatable bonds is 7. The largest absolute Gasteiger partial charge is 0.364 e. The molecule has 2 aromatic heterocycles. The second-order valence-electron chi connectivity index (χ2n) is 6.74. The van der Waals surface area contributed by atoms with Gasteiger partial charge in [0.25, 0.3) is 0 Å². The molecule has 0 amide bonds. The Bertz CT molecular complexity index is 848. The molecule has 2 aromatic rings. The third-order valence-electron chi connectivity index (χ3n) is 4.63. The van der Waals surface area contributed by atoms with Gasteiger partial charge in [0.1, 0.15) is 12.0 Å². The van der Waals surface area contributed by atoms with Gasteiger partial charge in [-0.3, -0.25) is 4.99 Å². The number of halogens is 1. The summed E-state index contributed by atoms with van der Waals surface area (Å²) in [6, 6.07) is 5.78.